The van der Waals surface area contributed by atoms with Crippen molar-refractivity contribution in [3.05, 3.63) is 72.1 Å². The highest BCUT2D eigenvalue weighted by molar-refractivity contribution is 5.81. The van der Waals surface area contributed by atoms with Gasteiger partial charge < -0.3 is 15.0 Å². The first kappa shape index (κ1) is 23.5. The van der Waals surface area contributed by atoms with Crippen LogP contribution in [0.3, 0.4) is 0 Å². The zero-order chi connectivity index (χ0) is 24.3. The van der Waals surface area contributed by atoms with Crippen LogP contribution in [0.2, 0.25) is 0 Å². The van der Waals surface area contributed by atoms with E-state index >= 15 is 0 Å². The molecule has 1 unspecified atom stereocenters. The Morgan fingerprint density at radius 1 is 1.17 bits per heavy atom. The number of benzene rings is 1. The minimum absolute atomic E-state index is 0.0652. The average molecular weight is 476 g/mol. The van der Waals surface area contributed by atoms with E-state index in [1.54, 1.807) is 10.7 Å². The number of carbonyl (C=O) groups excluding carboxylic acids is 2. The number of carbonyl (C=O) groups is 2. The highest BCUT2D eigenvalue weighted by Gasteiger charge is 2.36. The van der Waals surface area contributed by atoms with Crippen molar-refractivity contribution in [3.8, 4) is 0 Å². The van der Waals surface area contributed by atoms with E-state index < -0.39 is 5.60 Å². The number of nitrogens with one attached hydrogen (secondary N) is 1. The number of morpholine rings is 1. The van der Waals surface area contributed by atoms with E-state index in [0.717, 1.165) is 29.5 Å². The number of pyridine rings is 1. The van der Waals surface area contributed by atoms with Crippen molar-refractivity contribution in [1.82, 2.24) is 24.7 Å². The molecule has 2 fully saturated rings. The van der Waals surface area contributed by atoms with E-state index in [1.807, 2.05) is 54.4 Å². The fourth-order valence-electron chi connectivity index (χ4n) is 4.77. The molecule has 1 aliphatic heterocycles. The molecule has 2 amide bonds. The predicted octanol–water partition coefficient (Wildman–Crippen LogP) is 2.28. The van der Waals surface area contributed by atoms with Gasteiger partial charge in [-0.2, -0.15) is 5.10 Å². The third-order valence-electron chi connectivity index (χ3n) is 6.80. The summed E-state index contributed by atoms with van der Waals surface area (Å²) in [6.45, 7) is 5.27. The molecule has 3 aromatic rings. The van der Waals surface area contributed by atoms with Crippen molar-refractivity contribution in [3.63, 3.8) is 0 Å². The lowest BCUT2D eigenvalue weighted by Crippen LogP contribution is -2.57. The van der Waals surface area contributed by atoms with Gasteiger partial charge in [-0.1, -0.05) is 36.4 Å². The van der Waals surface area contributed by atoms with Crippen molar-refractivity contribution >= 4 is 17.3 Å². The first-order valence-electron chi connectivity index (χ1n) is 12.4. The van der Waals surface area contributed by atoms with Gasteiger partial charge in [-0.05, 0) is 37.5 Å². The molecular formula is C27H33N5O3. The van der Waals surface area contributed by atoms with Crippen LogP contribution in [0, 0.1) is 0 Å². The number of hydrogen-bond donors (Lipinski definition) is 1. The molecule has 2 aromatic heterocycles. The Morgan fingerprint density at radius 2 is 1.97 bits per heavy atom. The molecule has 1 N–H and O–H groups in total. The molecule has 1 aromatic carbocycles. The Kier molecular flexibility index (Phi) is 6.83. The van der Waals surface area contributed by atoms with Gasteiger partial charge in [0, 0.05) is 44.0 Å². The largest absolute Gasteiger partial charge is 0.371 e. The molecule has 8 nitrogen and oxygen atoms in total. The first-order chi connectivity index (χ1) is 17.0. The highest BCUT2D eigenvalue weighted by atomic mass is 16.5. The van der Waals surface area contributed by atoms with E-state index in [4.69, 9.17) is 4.74 Å². The molecule has 2 aliphatic rings. The zero-order valence-corrected chi connectivity index (χ0v) is 20.2. The molecule has 8 heteroatoms. The summed E-state index contributed by atoms with van der Waals surface area (Å²) in [5.74, 6) is 0.0993. The van der Waals surface area contributed by atoms with Crippen molar-refractivity contribution in [2.24, 2.45) is 0 Å². The number of amides is 2. The third kappa shape index (κ3) is 5.89. The molecule has 1 atom stereocenters. The van der Waals surface area contributed by atoms with Crippen LogP contribution in [-0.4, -0.2) is 75.7 Å². The molecule has 1 aliphatic carbocycles. The maximum Gasteiger partial charge on any atom is 0.237 e. The van der Waals surface area contributed by atoms with Crippen LogP contribution >= 0.6 is 0 Å². The molecule has 3 heterocycles. The first-order valence-corrected chi connectivity index (χ1v) is 12.4. The van der Waals surface area contributed by atoms with E-state index in [9.17, 15) is 9.59 Å². The van der Waals surface area contributed by atoms with Crippen molar-refractivity contribution in [1.29, 1.82) is 0 Å². The second-order valence-corrected chi connectivity index (χ2v) is 9.90. The van der Waals surface area contributed by atoms with Crippen LogP contribution in [0.5, 0.6) is 0 Å². The van der Waals surface area contributed by atoms with Gasteiger partial charge in [0.15, 0.2) is 0 Å². The summed E-state index contributed by atoms with van der Waals surface area (Å²) >= 11 is 0. The summed E-state index contributed by atoms with van der Waals surface area (Å²) in [5.41, 5.74) is 2.44. The molecule has 1 saturated heterocycles. The van der Waals surface area contributed by atoms with Crippen LogP contribution in [0.4, 0.5) is 0 Å². The number of ether oxygens (including phenoxy) is 1. The summed E-state index contributed by atoms with van der Waals surface area (Å²) in [6.07, 6.45) is 6.04. The van der Waals surface area contributed by atoms with Crippen molar-refractivity contribution in [2.75, 3.05) is 32.8 Å². The zero-order valence-electron chi connectivity index (χ0n) is 20.2. The van der Waals surface area contributed by atoms with E-state index in [-0.39, 0.29) is 18.2 Å². The molecule has 1 saturated carbocycles. The maximum absolute atomic E-state index is 13.2. The van der Waals surface area contributed by atoms with Crippen LogP contribution in [0.25, 0.3) is 5.52 Å². The van der Waals surface area contributed by atoms with Crippen LogP contribution in [-0.2, 0) is 27.3 Å². The standard InChI is InChI=1S/C27H33N5O3/c1-27(19-28-25(33)15-22-16-29-32-12-6-5-9-24(22)32)20-30(13-14-35-27)18-26(34)31(23-10-11-23)17-21-7-3-2-4-8-21/h2-9,12,16,23H,10-11,13-15,17-20H2,1H3,(H,28,33). The Bertz CT molecular complexity index is 1180. The number of aromatic nitrogens is 2. The fraction of sp³-hybridized carbons (Fsp3) is 0.444. The highest BCUT2D eigenvalue weighted by Crippen LogP contribution is 2.29. The lowest BCUT2D eigenvalue weighted by molar-refractivity contribution is -0.140. The Hall–Kier alpha value is -3.23. The molecule has 5 rings (SSSR count). The van der Waals surface area contributed by atoms with E-state index in [2.05, 4.69) is 27.4 Å². The van der Waals surface area contributed by atoms with Crippen molar-refractivity contribution in [2.45, 2.75) is 44.4 Å². The van der Waals surface area contributed by atoms with Crippen LogP contribution < -0.4 is 5.32 Å². The summed E-state index contributed by atoms with van der Waals surface area (Å²) in [4.78, 5) is 30.1. The van der Waals surface area contributed by atoms with Gasteiger partial charge >= 0.3 is 0 Å². The SMILES string of the molecule is CC1(CNC(=O)Cc2cnn3ccccc23)CN(CC(=O)N(Cc2ccccc2)C2CC2)CCO1. The molecule has 184 valence electrons. The Balaban J connectivity index is 1.14. The molecule has 0 radical (unpaired) electrons. The number of hydrogen-bond acceptors (Lipinski definition) is 5. The lowest BCUT2D eigenvalue weighted by atomic mass is 10.0. The van der Waals surface area contributed by atoms with Gasteiger partial charge in [-0.3, -0.25) is 14.5 Å². The second kappa shape index (κ2) is 10.2. The summed E-state index contributed by atoms with van der Waals surface area (Å²) < 4.78 is 7.82. The van der Waals surface area contributed by atoms with Gasteiger partial charge in [0.05, 0.1) is 36.9 Å². The number of fused-ring (bicyclic) bond motifs is 1. The minimum atomic E-state index is -0.543. The maximum atomic E-state index is 13.2. The van der Waals surface area contributed by atoms with Gasteiger partial charge in [0.1, 0.15) is 0 Å². The molecule has 0 spiro atoms. The second-order valence-electron chi connectivity index (χ2n) is 9.90. The minimum Gasteiger partial charge on any atom is -0.371 e. The summed E-state index contributed by atoms with van der Waals surface area (Å²) in [6, 6.07) is 16.3. The third-order valence-corrected chi connectivity index (χ3v) is 6.80. The lowest BCUT2D eigenvalue weighted by Gasteiger charge is -2.41. The normalized spacial score (nSPS) is 20.6. The number of rotatable bonds is 9. The van der Waals surface area contributed by atoms with Gasteiger partial charge in [-0.25, -0.2) is 4.52 Å². The molecule has 35 heavy (non-hydrogen) atoms. The van der Waals surface area contributed by atoms with Gasteiger partial charge in [0.2, 0.25) is 11.8 Å². The summed E-state index contributed by atoms with van der Waals surface area (Å²) in [7, 11) is 0. The smallest absolute Gasteiger partial charge is 0.237 e. The van der Waals surface area contributed by atoms with E-state index in [1.165, 1.54) is 0 Å². The van der Waals surface area contributed by atoms with Crippen molar-refractivity contribution < 1.29 is 14.3 Å². The van der Waals surface area contributed by atoms with E-state index in [0.29, 0.717) is 45.4 Å². The average Bonchev–Trinajstić information content (AvgIpc) is 3.63. The molecular weight excluding hydrogens is 442 g/mol. The quantitative estimate of drug-likeness (QED) is 0.514. The number of nitrogens with zero attached hydrogens (tertiary/aromatic N) is 4. The topological polar surface area (TPSA) is 79.2 Å². The van der Waals surface area contributed by atoms with Gasteiger partial charge in [-0.15, -0.1) is 0 Å². The fourth-order valence-corrected chi connectivity index (χ4v) is 4.77. The van der Waals surface area contributed by atoms with Crippen LogP contribution in [0.1, 0.15) is 30.9 Å². The summed E-state index contributed by atoms with van der Waals surface area (Å²) in [5, 5.41) is 7.33. The predicted molar refractivity (Wildman–Crippen MR) is 133 cm³/mol. The Labute approximate surface area is 205 Å². The van der Waals surface area contributed by atoms with Crippen LogP contribution in [0.15, 0.2) is 60.9 Å². The van der Waals surface area contributed by atoms with Gasteiger partial charge in [0.25, 0.3) is 0 Å². The Morgan fingerprint density at radius 3 is 2.77 bits per heavy atom. The molecule has 0 bridgehead atoms. The monoisotopic (exact) mass is 475 g/mol.